The molecular formula is C15H19NO4. The van der Waals surface area contributed by atoms with E-state index in [1.807, 2.05) is 30.3 Å². The van der Waals surface area contributed by atoms with E-state index >= 15 is 0 Å². The van der Waals surface area contributed by atoms with Crippen molar-refractivity contribution in [2.24, 2.45) is 17.6 Å². The number of rotatable bonds is 2. The van der Waals surface area contributed by atoms with E-state index in [1.54, 1.807) is 7.11 Å². The van der Waals surface area contributed by atoms with E-state index < -0.39 is 0 Å². The third-order valence-electron chi connectivity index (χ3n) is 4.56. The highest BCUT2D eigenvalue weighted by Crippen LogP contribution is 2.52. The van der Waals surface area contributed by atoms with Crippen molar-refractivity contribution < 1.29 is 18.9 Å². The molecule has 1 saturated carbocycles. The summed E-state index contributed by atoms with van der Waals surface area (Å²) in [7, 11) is 1.66. The molecule has 2 N–H and O–H groups in total. The maximum Gasteiger partial charge on any atom is 0.184 e. The quantitative estimate of drug-likeness (QED) is 0.875. The van der Waals surface area contributed by atoms with Crippen molar-refractivity contribution in [3.63, 3.8) is 0 Å². The molecule has 1 aliphatic carbocycles. The molecule has 0 bridgehead atoms. The molecule has 0 aromatic heterocycles. The Morgan fingerprint density at radius 1 is 1.15 bits per heavy atom. The van der Waals surface area contributed by atoms with Gasteiger partial charge >= 0.3 is 0 Å². The van der Waals surface area contributed by atoms with Crippen LogP contribution in [0.15, 0.2) is 30.3 Å². The Kier molecular flexibility index (Phi) is 3.05. The van der Waals surface area contributed by atoms with Crippen molar-refractivity contribution in [1.29, 1.82) is 0 Å². The smallest absolute Gasteiger partial charge is 0.184 e. The highest BCUT2D eigenvalue weighted by Gasteiger charge is 2.64. The van der Waals surface area contributed by atoms with Gasteiger partial charge in [0, 0.05) is 30.6 Å². The fourth-order valence-electron chi connectivity index (χ4n) is 3.45. The van der Waals surface area contributed by atoms with E-state index in [4.69, 9.17) is 24.7 Å². The van der Waals surface area contributed by atoms with Crippen molar-refractivity contribution in [3.05, 3.63) is 35.9 Å². The average molecular weight is 277 g/mol. The number of hydrogen-bond acceptors (Lipinski definition) is 5. The van der Waals surface area contributed by atoms with Crippen LogP contribution in [0, 0.1) is 11.8 Å². The molecule has 4 rings (SSSR count). The highest BCUT2D eigenvalue weighted by molar-refractivity contribution is 5.18. The van der Waals surface area contributed by atoms with Gasteiger partial charge in [0.15, 0.2) is 12.6 Å². The first kappa shape index (κ1) is 12.7. The van der Waals surface area contributed by atoms with E-state index in [0.29, 0.717) is 12.5 Å². The van der Waals surface area contributed by atoms with Gasteiger partial charge in [-0.15, -0.1) is 0 Å². The monoisotopic (exact) mass is 277 g/mol. The van der Waals surface area contributed by atoms with Crippen LogP contribution in [0.25, 0.3) is 0 Å². The summed E-state index contributed by atoms with van der Waals surface area (Å²) in [5.41, 5.74) is 7.18. The Hall–Kier alpha value is -0.980. The summed E-state index contributed by atoms with van der Waals surface area (Å²) in [4.78, 5) is 0. The summed E-state index contributed by atoms with van der Waals surface area (Å²) >= 11 is 0. The van der Waals surface area contributed by atoms with E-state index in [1.165, 1.54) is 0 Å². The molecule has 3 aliphatic rings. The summed E-state index contributed by atoms with van der Waals surface area (Å²) in [6, 6.07) is 10.1. The lowest BCUT2D eigenvalue weighted by atomic mass is 10.0. The maximum atomic E-state index is 6.15. The van der Waals surface area contributed by atoms with Gasteiger partial charge < -0.3 is 24.7 Å². The predicted molar refractivity (Wildman–Crippen MR) is 70.6 cm³/mol. The van der Waals surface area contributed by atoms with Crippen molar-refractivity contribution in [3.8, 4) is 0 Å². The van der Waals surface area contributed by atoms with Gasteiger partial charge in [-0.2, -0.15) is 0 Å². The second-order valence-corrected chi connectivity index (χ2v) is 5.69. The molecule has 0 unspecified atom stereocenters. The molecule has 7 atom stereocenters. The summed E-state index contributed by atoms with van der Waals surface area (Å²) in [6.07, 6.45) is -0.639. The maximum absolute atomic E-state index is 6.15. The summed E-state index contributed by atoms with van der Waals surface area (Å²) in [5, 5.41) is 0. The fraction of sp³-hybridized carbons (Fsp3) is 0.600. The molecular weight excluding hydrogens is 258 g/mol. The van der Waals surface area contributed by atoms with Crippen molar-refractivity contribution in [2.45, 2.75) is 30.8 Å². The van der Waals surface area contributed by atoms with Crippen LogP contribution >= 0.6 is 0 Å². The van der Waals surface area contributed by atoms with Gasteiger partial charge in [0.05, 0.1) is 12.7 Å². The van der Waals surface area contributed by atoms with E-state index in [9.17, 15) is 0 Å². The van der Waals surface area contributed by atoms with Gasteiger partial charge in [-0.25, -0.2) is 0 Å². The minimum atomic E-state index is -0.325. The Bertz CT molecular complexity index is 480. The third-order valence-corrected chi connectivity index (χ3v) is 4.56. The van der Waals surface area contributed by atoms with Gasteiger partial charge in [-0.1, -0.05) is 30.3 Å². The Morgan fingerprint density at radius 2 is 1.95 bits per heavy atom. The molecule has 2 aliphatic heterocycles. The molecule has 0 amide bonds. The Balaban J connectivity index is 1.52. The lowest BCUT2D eigenvalue weighted by Crippen LogP contribution is -2.49. The fourth-order valence-corrected chi connectivity index (χ4v) is 3.45. The van der Waals surface area contributed by atoms with Crippen molar-refractivity contribution >= 4 is 0 Å². The first-order valence-corrected chi connectivity index (χ1v) is 7.05. The third kappa shape index (κ3) is 1.89. The Morgan fingerprint density at radius 3 is 2.70 bits per heavy atom. The molecule has 1 aromatic carbocycles. The Labute approximate surface area is 117 Å². The number of benzene rings is 1. The van der Waals surface area contributed by atoms with Crippen LogP contribution in [0.3, 0.4) is 0 Å². The van der Waals surface area contributed by atoms with Gasteiger partial charge in [-0.05, 0) is 0 Å². The van der Waals surface area contributed by atoms with Crippen LogP contribution in [0.2, 0.25) is 0 Å². The normalized spacial score (nSPS) is 46.4. The van der Waals surface area contributed by atoms with Crippen LogP contribution in [0.5, 0.6) is 0 Å². The largest absolute Gasteiger partial charge is 0.356 e. The van der Waals surface area contributed by atoms with Crippen LogP contribution in [-0.2, 0) is 18.9 Å². The van der Waals surface area contributed by atoms with Gasteiger partial charge in [0.1, 0.15) is 6.10 Å². The molecule has 5 heteroatoms. The number of ether oxygens (including phenoxy) is 4. The standard InChI is InChI=1S/C15H19NO4/c1-17-15-11-10(12(11)16)13-9(19-15)7-18-14(20-13)8-5-3-2-4-6-8/h2-6,9-15H,7,16H2,1H3/t9-,10+,11-,12-,13-,14-,15+/m1/s1. The van der Waals surface area contributed by atoms with Crippen LogP contribution in [-0.4, -0.2) is 38.3 Å². The SMILES string of the molecule is CO[C@H]1O[C@@H]2CO[C@@H](c3ccccc3)O[C@H]2[C@@H]2[C@@H](N)[C@H]12. The molecule has 3 fully saturated rings. The zero-order valence-electron chi connectivity index (χ0n) is 11.3. The minimum Gasteiger partial charge on any atom is -0.356 e. The van der Waals surface area contributed by atoms with E-state index in [0.717, 1.165) is 5.56 Å². The molecule has 1 aromatic rings. The van der Waals surface area contributed by atoms with Gasteiger partial charge in [0.25, 0.3) is 0 Å². The molecule has 0 radical (unpaired) electrons. The molecule has 5 nitrogen and oxygen atoms in total. The van der Waals surface area contributed by atoms with Crippen LogP contribution < -0.4 is 5.73 Å². The topological polar surface area (TPSA) is 62.9 Å². The van der Waals surface area contributed by atoms with Crippen LogP contribution in [0.4, 0.5) is 0 Å². The lowest BCUT2D eigenvalue weighted by molar-refractivity contribution is -0.316. The van der Waals surface area contributed by atoms with Gasteiger partial charge in [-0.3, -0.25) is 0 Å². The first-order chi connectivity index (χ1) is 9.79. The molecule has 2 saturated heterocycles. The average Bonchev–Trinajstić information content (AvgIpc) is 3.19. The first-order valence-electron chi connectivity index (χ1n) is 7.05. The number of hydrogen-bond donors (Lipinski definition) is 1. The number of fused-ring (bicyclic) bond motifs is 3. The molecule has 108 valence electrons. The molecule has 2 heterocycles. The van der Waals surface area contributed by atoms with Gasteiger partial charge in [0.2, 0.25) is 0 Å². The number of methoxy groups -OCH3 is 1. The van der Waals surface area contributed by atoms with Crippen LogP contribution in [0.1, 0.15) is 11.9 Å². The summed E-state index contributed by atoms with van der Waals surface area (Å²) in [6.45, 7) is 0.514. The zero-order chi connectivity index (χ0) is 13.7. The second kappa shape index (κ2) is 4.79. The second-order valence-electron chi connectivity index (χ2n) is 5.69. The van der Waals surface area contributed by atoms with Crippen molar-refractivity contribution in [2.75, 3.05) is 13.7 Å². The molecule has 20 heavy (non-hydrogen) atoms. The molecule has 0 spiro atoms. The summed E-state index contributed by atoms with van der Waals surface area (Å²) < 4.78 is 23.2. The highest BCUT2D eigenvalue weighted by atomic mass is 16.7. The predicted octanol–water partition coefficient (Wildman–Crippen LogP) is 1.05. The summed E-state index contributed by atoms with van der Waals surface area (Å²) in [5.74, 6) is 0.560. The minimum absolute atomic E-state index is 0.000330. The zero-order valence-corrected chi connectivity index (χ0v) is 11.3. The van der Waals surface area contributed by atoms with E-state index in [2.05, 4.69) is 0 Å². The lowest BCUT2D eigenvalue weighted by Gasteiger charge is -2.41. The number of nitrogens with two attached hydrogens (primary N) is 1. The van der Waals surface area contributed by atoms with Crippen molar-refractivity contribution in [1.82, 2.24) is 0 Å². The van der Waals surface area contributed by atoms with E-state index in [-0.39, 0.29) is 36.7 Å².